The summed E-state index contributed by atoms with van der Waals surface area (Å²) in [6.45, 7) is 0. The molecule has 4 unspecified atom stereocenters. The summed E-state index contributed by atoms with van der Waals surface area (Å²) >= 11 is 4.07. The summed E-state index contributed by atoms with van der Waals surface area (Å²) in [6.07, 6.45) is 2.40. The Morgan fingerprint density at radius 1 is 0.919 bits per heavy atom. The third-order valence-corrected chi connectivity index (χ3v) is 5.69. The number of benzene rings is 1. The average molecular weight is 535 g/mol. The van der Waals surface area contributed by atoms with Crippen molar-refractivity contribution in [3.05, 3.63) is 54.1 Å². The van der Waals surface area contributed by atoms with Crippen LogP contribution < -0.4 is 21.7 Å². The summed E-state index contributed by atoms with van der Waals surface area (Å²) in [5.74, 6) is -4.99. The van der Waals surface area contributed by atoms with Crippen molar-refractivity contribution in [3.63, 3.8) is 0 Å². The predicted molar refractivity (Wildman–Crippen MR) is 135 cm³/mol. The highest BCUT2D eigenvalue weighted by Gasteiger charge is 2.30. The lowest BCUT2D eigenvalue weighted by molar-refractivity contribution is -0.143. The van der Waals surface area contributed by atoms with Crippen LogP contribution in [-0.4, -0.2) is 79.8 Å². The Labute approximate surface area is 218 Å². The van der Waals surface area contributed by atoms with Crippen molar-refractivity contribution in [2.24, 2.45) is 5.73 Å². The molecule has 0 aliphatic heterocycles. The minimum Gasteiger partial charge on any atom is -0.481 e. The lowest BCUT2D eigenvalue weighted by Gasteiger charge is -2.24. The Bertz CT molecular complexity index is 1070. The van der Waals surface area contributed by atoms with E-state index in [9.17, 15) is 29.1 Å². The maximum atomic E-state index is 13.1. The molecule has 1 heterocycles. The number of aromatic amines is 1. The molecule has 0 bridgehead atoms. The van der Waals surface area contributed by atoms with Gasteiger partial charge in [-0.3, -0.25) is 19.2 Å². The van der Waals surface area contributed by atoms with E-state index in [1.165, 1.54) is 12.5 Å². The van der Waals surface area contributed by atoms with Gasteiger partial charge >= 0.3 is 11.9 Å². The number of rotatable bonds is 15. The van der Waals surface area contributed by atoms with Gasteiger partial charge in [-0.2, -0.15) is 12.6 Å². The molecule has 37 heavy (non-hydrogen) atoms. The van der Waals surface area contributed by atoms with E-state index in [-0.39, 0.29) is 25.0 Å². The van der Waals surface area contributed by atoms with Gasteiger partial charge in [0.05, 0.1) is 12.4 Å². The normalized spacial score (nSPS) is 14.0. The van der Waals surface area contributed by atoms with Gasteiger partial charge in [-0.05, 0) is 12.0 Å². The van der Waals surface area contributed by atoms with Crippen molar-refractivity contribution < 1.29 is 34.2 Å². The minimum atomic E-state index is -1.47. The van der Waals surface area contributed by atoms with Gasteiger partial charge in [0.25, 0.3) is 0 Å². The second-order valence-corrected chi connectivity index (χ2v) is 8.58. The van der Waals surface area contributed by atoms with E-state index >= 15 is 0 Å². The van der Waals surface area contributed by atoms with Crippen LogP contribution in [0.15, 0.2) is 42.9 Å². The molecule has 1 aromatic heterocycles. The molecular weight excluding hydrogens is 504 g/mol. The van der Waals surface area contributed by atoms with Crippen LogP contribution in [0.4, 0.5) is 0 Å². The van der Waals surface area contributed by atoms with Crippen LogP contribution in [-0.2, 0) is 36.8 Å². The number of carboxylic acids is 2. The van der Waals surface area contributed by atoms with E-state index in [0.717, 1.165) is 5.56 Å². The molecule has 0 aliphatic carbocycles. The van der Waals surface area contributed by atoms with Crippen molar-refractivity contribution in [2.75, 3.05) is 5.75 Å². The molecule has 8 N–H and O–H groups in total. The quantitative estimate of drug-likeness (QED) is 0.129. The molecule has 1 aromatic carbocycles. The molecular formula is C23H30N6O7S. The number of aliphatic carboxylic acids is 2. The molecule has 2 aromatic rings. The molecule has 0 saturated heterocycles. The number of carbonyl (C=O) groups is 5. The first-order valence-electron chi connectivity index (χ1n) is 11.3. The summed E-state index contributed by atoms with van der Waals surface area (Å²) in [7, 11) is 0. The van der Waals surface area contributed by atoms with E-state index in [1.807, 2.05) is 0 Å². The molecule has 4 atom stereocenters. The molecule has 0 aliphatic rings. The van der Waals surface area contributed by atoms with Gasteiger partial charge in [-0.1, -0.05) is 30.3 Å². The zero-order valence-electron chi connectivity index (χ0n) is 19.8. The van der Waals surface area contributed by atoms with E-state index in [4.69, 9.17) is 10.8 Å². The number of hydrogen-bond donors (Lipinski definition) is 8. The monoisotopic (exact) mass is 534 g/mol. The number of amides is 3. The number of nitrogens with zero attached hydrogens (tertiary/aromatic N) is 1. The van der Waals surface area contributed by atoms with Gasteiger partial charge in [0, 0.05) is 36.9 Å². The van der Waals surface area contributed by atoms with Crippen LogP contribution in [0.1, 0.15) is 24.1 Å². The highest BCUT2D eigenvalue weighted by atomic mass is 32.1. The maximum Gasteiger partial charge on any atom is 0.326 e. The number of nitrogens with one attached hydrogen (secondary N) is 4. The Morgan fingerprint density at radius 3 is 2.11 bits per heavy atom. The van der Waals surface area contributed by atoms with Gasteiger partial charge in [0.2, 0.25) is 17.7 Å². The predicted octanol–water partition coefficient (Wildman–Crippen LogP) is -1.14. The molecule has 0 saturated carbocycles. The lowest BCUT2D eigenvalue weighted by Crippen LogP contribution is -2.58. The van der Waals surface area contributed by atoms with Crippen molar-refractivity contribution in [2.45, 2.75) is 49.9 Å². The fourth-order valence-corrected chi connectivity index (χ4v) is 3.58. The Balaban J connectivity index is 2.11. The van der Waals surface area contributed by atoms with Gasteiger partial charge in [0.1, 0.15) is 18.1 Å². The van der Waals surface area contributed by atoms with Crippen LogP contribution in [0.5, 0.6) is 0 Å². The summed E-state index contributed by atoms with van der Waals surface area (Å²) in [4.78, 5) is 67.5. The average Bonchev–Trinajstić information content (AvgIpc) is 3.37. The van der Waals surface area contributed by atoms with Gasteiger partial charge in [0.15, 0.2) is 0 Å². The van der Waals surface area contributed by atoms with E-state index < -0.39 is 60.2 Å². The highest BCUT2D eigenvalue weighted by molar-refractivity contribution is 7.80. The summed E-state index contributed by atoms with van der Waals surface area (Å²) in [5.41, 5.74) is 7.36. The second kappa shape index (κ2) is 14.6. The van der Waals surface area contributed by atoms with Crippen molar-refractivity contribution in [1.82, 2.24) is 25.9 Å². The number of carbonyl (C=O) groups excluding carboxylic acids is 3. The Kier molecular flexibility index (Phi) is 11.6. The van der Waals surface area contributed by atoms with E-state index in [0.29, 0.717) is 5.69 Å². The second-order valence-electron chi connectivity index (χ2n) is 8.21. The number of hydrogen-bond acceptors (Lipinski definition) is 8. The van der Waals surface area contributed by atoms with Crippen molar-refractivity contribution in [1.29, 1.82) is 0 Å². The number of carboxylic acid groups (broad SMARTS) is 2. The minimum absolute atomic E-state index is 0.0897. The number of H-pyrrole nitrogens is 1. The zero-order valence-corrected chi connectivity index (χ0v) is 20.7. The number of aromatic nitrogens is 2. The summed E-state index contributed by atoms with van der Waals surface area (Å²) < 4.78 is 0. The largest absolute Gasteiger partial charge is 0.481 e. The van der Waals surface area contributed by atoms with Crippen molar-refractivity contribution >= 4 is 42.3 Å². The first kappa shape index (κ1) is 29.3. The molecule has 3 amide bonds. The highest BCUT2D eigenvalue weighted by Crippen LogP contribution is 2.06. The molecule has 200 valence electrons. The van der Waals surface area contributed by atoms with Crippen LogP contribution in [0, 0.1) is 0 Å². The zero-order chi connectivity index (χ0) is 27.4. The molecule has 0 fully saturated rings. The van der Waals surface area contributed by atoms with Crippen LogP contribution in [0.25, 0.3) is 0 Å². The number of thiol groups is 1. The third-order valence-electron chi connectivity index (χ3n) is 5.32. The molecule has 0 spiro atoms. The standard InChI is InChI=1S/C23H30N6O7S/c24-15(9-14-10-25-12-26-14)20(32)28-17(8-13-4-2-1-3-5-13)21(33)29-18(11-37)22(34)27-16(23(35)36)6-7-19(30)31/h1-5,10,12,15-18,37H,6-9,11,24H2,(H,25,26)(H,27,34)(H,28,32)(H,29,33)(H,30,31)(H,35,36). The summed E-state index contributed by atoms with van der Waals surface area (Å²) in [5, 5.41) is 25.4. The van der Waals surface area contributed by atoms with E-state index in [2.05, 4.69) is 38.5 Å². The van der Waals surface area contributed by atoms with E-state index in [1.54, 1.807) is 30.3 Å². The van der Waals surface area contributed by atoms with Gasteiger partial charge in [-0.15, -0.1) is 0 Å². The molecule has 2 rings (SSSR count). The first-order chi connectivity index (χ1) is 17.6. The maximum absolute atomic E-state index is 13.1. The fraction of sp³-hybridized carbons (Fsp3) is 0.391. The Morgan fingerprint density at radius 2 is 1.54 bits per heavy atom. The molecule has 14 heteroatoms. The Hall–Kier alpha value is -3.91. The van der Waals surface area contributed by atoms with Crippen molar-refractivity contribution in [3.8, 4) is 0 Å². The van der Waals surface area contributed by atoms with Crippen LogP contribution in [0.2, 0.25) is 0 Å². The SMILES string of the molecule is NC(Cc1cnc[nH]1)C(=O)NC(Cc1ccccc1)C(=O)NC(CS)C(=O)NC(CCC(=O)O)C(=O)O. The summed E-state index contributed by atoms with van der Waals surface area (Å²) in [6, 6.07) is 4.04. The van der Waals surface area contributed by atoms with Crippen LogP contribution in [0.3, 0.4) is 0 Å². The van der Waals surface area contributed by atoms with Gasteiger partial charge in [-0.25, -0.2) is 9.78 Å². The molecule has 13 nitrogen and oxygen atoms in total. The van der Waals surface area contributed by atoms with Gasteiger partial charge < -0.3 is 36.9 Å². The lowest BCUT2D eigenvalue weighted by atomic mass is 10.0. The molecule has 0 radical (unpaired) electrons. The number of nitrogens with two attached hydrogens (primary N) is 1. The topological polar surface area (TPSA) is 217 Å². The van der Waals surface area contributed by atoms with Crippen LogP contribution >= 0.6 is 12.6 Å². The number of imidazole rings is 1. The fourth-order valence-electron chi connectivity index (χ4n) is 3.33. The third kappa shape index (κ3) is 9.93. The first-order valence-corrected chi connectivity index (χ1v) is 12.0. The smallest absolute Gasteiger partial charge is 0.326 e.